The number of primary amides is 2. The number of carbonyl (C=O) groups excluding carboxylic acids is 5. The van der Waals surface area contributed by atoms with Crippen LogP contribution in [0.4, 0.5) is 0 Å². The third kappa shape index (κ3) is 13.2. The van der Waals surface area contributed by atoms with Crippen molar-refractivity contribution in [3.05, 3.63) is 35.9 Å². The molecule has 16 heteroatoms. The third-order valence-electron chi connectivity index (χ3n) is 5.55. The van der Waals surface area contributed by atoms with Crippen LogP contribution >= 0.6 is 0 Å². The average Bonchev–Trinajstić information content (AvgIpc) is 2.87. The van der Waals surface area contributed by atoms with E-state index in [2.05, 4.69) is 20.9 Å². The van der Waals surface area contributed by atoms with Crippen LogP contribution in [0.2, 0.25) is 0 Å². The van der Waals surface area contributed by atoms with Gasteiger partial charge in [-0.05, 0) is 24.8 Å². The Balaban J connectivity index is 3.16. The number of aliphatic imine (C=N–C) groups is 1. The minimum absolute atomic E-state index is 0.000404. The molecule has 0 fully saturated rings. The van der Waals surface area contributed by atoms with E-state index in [-0.39, 0.29) is 44.6 Å². The first-order valence-electron chi connectivity index (χ1n) is 12.4. The molecule has 40 heavy (non-hydrogen) atoms. The standard InChI is InChI=1S/C24H37N9O7/c25-14(12-19(27)35)20(36)33-17(11-13-5-2-1-3-6-13)22(38)31-15(7-4-10-30-24(28)29)21(37)32-16(23(39)40)8-9-18(26)34/h1-3,5-6,14-17H,4,7-12,25H2,(H2,26,34)(H2,27,35)(H,31,38)(H,32,37)(H,33,36)(H,39,40)(H4,28,29,30). The van der Waals surface area contributed by atoms with Crippen molar-refractivity contribution in [3.63, 3.8) is 0 Å². The van der Waals surface area contributed by atoms with Gasteiger partial charge in [0.15, 0.2) is 5.96 Å². The Morgan fingerprint density at radius 1 is 0.775 bits per heavy atom. The lowest BCUT2D eigenvalue weighted by Crippen LogP contribution is -2.57. The van der Waals surface area contributed by atoms with Crippen molar-refractivity contribution in [3.8, 4) is 0 Å². The molecule has 0 spiro atoms. The summed E-state index contributed by atoms with van der Waals surface area (Å²) in [6, 6.07) is 3.36. The lowest BCUT2D eigenvalue weighted by Gasteiger charge is -2.25. The third-order valence-corrected chi connectivity index (χ3v) is 5.55. The number of amides is 5. The van der Waals surface area contributed by atoms with Gasteiger partial charge in [-0.1, -0.05) is 30.3 Å². The molecule has 14 N–H and O–H groups in total. The van der Waals surface area contributed by atoms with E-state index in [0.717, 1.165) is 0 Å². The number of carbonyl (C=O) groups is 6. The van der Waals surface area contributed by atoms with E-state index >= 15 is 0 Å². The number of hydrogen-bond acceptors (Lipinski definition) is 8. The van der Waals surface area contributed by atoms with Crippen LogP contribution in [0.1, 0.15) is 37.7 Å². The molecule has 16 nitrogen and oxygen atoms in total. The fraction of sp³-hybridized carbons (Fsp3) is 0.458. The topological polar surface area (TPSA) is 301 Å². The molecule has 1 aromatic rings. The van der Waals surface area contributed by atoms with E-state index < -0.39 is 66.1 Å². The summed E-state index contributed by atoms with van der Waals surface area (Å²) in [5.74, 6) is -5.61. The lowest BCUT2D eigenvalue weighted by molar-refractivity contribution is -0.142. The SMILES string of the molecule is NC(=O)CCC(NC(=O)C(CCCN=C(N)N)NC(=O)C(Cc1ccccc1)NC(=O)C(N)CC(N)=O)C(=O)O. The lowest BCUT2D eigenvalue weighted by atomic mass is 10.0. The van der Waals surface area contributed by atoms with Crippen molar-refractivity contribution in [2.75, 3.05) is 6.54 Å². The molecule has 0 bridgehead atoms. The molecule has 0 saturated carbocycles. The Morgan fingerprint density at radius 3 is 1.90 bits per heavy atom. The van der Waals surface area contributed by atoms with E-state index in [1.54, 1.807) is 30.3 Å². The first-order valence-corrected chi connectivity index (χ1v) is 12.4. The summed E-state index contributed by atoms with van der Waals surface area (Å²) in [4.78, 5) is 76.7. The van der Waals surface area contributed by atoms with Crippen LogP contribution in [0.25, 0.3) is 0 Å². The predicted octanol–water partition coefficient (Wildman–Crippen LogP) is -3.71. The van der Waals surface area contributed by atoms with Gasteiger partial charge < -0.3 is 49.7 Å². The Hall–Kier alpha value is -4.73. The number of carboxylic acids is 1. The molecule has 4 atom stereocenters. The number of rotatable bonds is 18. The quantitative estimate of drug-likeness (QED) is 0.0478. The Morgan fingerprint density at radius 2 is 1.35 bits per heavy atom. The molecule has 5 amide bonds. The molecule has 4 unspecified atom stereocenters. The molecule has 0 heterocycles. The molecule has 0 aliphatic heterocycles. The summed E-state index contributed by atoms with van der Waals surface area (Å²) in [5, 5.41) is 16.7. The van der Waals surface area contributed by atoms with Crippen molar-refractivity contribution in [1.82, 2.24) is 16.0 Å². The highest BCUT2D eigenvalue weighted by atomic mass is 16.4. The van der Waals surface area contributed by atoms with Gasteiger partial charge in [-0.15, -0.1) is 0 Å². The van der Waals surface area contributed by atoms with Crippen molar-refractivity contribution < 1.29 is 33.9 Å². The first-order chi connectivity index (χ1) is 18.8. The smallest absolute Gasteiger partial charge is 0.326 e. The Bertz CT molecular complexity index is 1080. The normalized spacial score (nSPS) is 13.5. The van der Waals surface area contributed by atoms with Crippen molar-refractivity contribution >= 4 is 41.5 Å². The maximum Gasteiger partial charge on any atom is 0.326 e. The zero-order chi connectivity index (χ0) is 30.2. The minimum atomic E-state index is -1.45. The molecule has 220 valence electrons. The van der Waals surface area contributed by atoms with Gasteiger partial charge in [0.2, 0.25) is 29.5 Å². The summed E-state index contributed by atoms with van der Waals surface area (Å²) in [7, 11) is 0. The molecule has 0 saturated heterocycles. The second-order valence-electron chi connectivity index (χ2n) is 8.94. The minimum Gasteiger partial charge on any atom is -0.480 e. The molecule has 1 rings (SSSR count). The summed E-state index contributed by atoms with van der Waals surface area (Å²) in [5.41, 5.74) is 27.2. The van der Waals surface area contributed by atoms with Gasteiger partial charge in [0, 0.05) is 19.4 Å². The highest BCUT2D eigenvalue weighted by molar-refractivity contribution is 5.95. The van der Waals surface area contributed by atoms with Crippen LogP contribution in [-0.4, -0.2) is 77.3 Å². The first kappa shape index (κ1) is 33.3. The number of nitrogens with two attached hydrogens (primary N) is 5. The number of benzene rings is 1. The van der Waals surface area contributed by atoms with Crippen LogP contribution in [0.15, 0.2) is 35.3 Å². The van der Waals surface area contributed by atoms with E-state index in [1.807, 2.05) is 0 Å². The molecule has 1 aromatic carbocycles. The summed E-state index contributed by atoms with van der Waals surface area (Å²) < 4.78 is 0. The highest BCUT2D eigenvalue weighted by Gasteiger charge is 2.30. The largest absolute Gasteiger partial charge is 0.480 e. The van der Waals surface area contributed by atoms with Gasteiger partial charge >= 0.3 is 5.97 Å². The zero-order valence-electron chi connectivity index (χ0n) is 21.9. The maximum atomic E-state index is 13.3. The van der Waals surface area contributed by atoms with Crippen LogP contribution < -0.4 is 44.6 Å². The van der Waals surface area contributed by atoms with Crippen LogP contribution in [0, 0.1) is 0 Å². The number of nitrogens with one attached hydrogen (secondary N) is 3. The fourth-order valence-electron chi connectivity index (χ4n) is 3.51. The molecule has 0 aliphatic carbocycles. The van der Waals surface area contributed by atoms with Crippen LogP contribution in [0.3, 0.4) is 0 Å². The number of carboxylic acid groups (broad SMARTS) is 1. The van der Waals surface area contributed by atoms with Gasteiger partial charge in [-0.2, -0.15) is 0 Å². The van der Waals surface area contributed by atoms with Gasteiger partial charge in [0.25, 0.3) is 0 Å². The van der Waals surface area contributed by atoms with Crippen molar-refractivity contribution in [2.45, 2.75) is 62.7 Å². The van der Waals surface area contributed by atoms with Gasteiger partial charge in [0.1, 0.15) is 18.1 Å². The van der Waals surface area contributed by atoms with Gasteiger partial charge in [-0.25, -0.2) is 4.79 Å². The fourth-order valence-corrected chi connectivity index (χ4v) is 3.51. The van der Waals surface area contributed by atoms with Gasteiger partial charge in [0.05, 0.1) is 12.5 Å². The molecule has 0 aromatic heterocycles. The second-order valence-corrected chi connectivity index (χ2v) is 8.94. The molecule has 0 radical (unpaired) electrons. The number of aliphatic carboxylic acids is 1. The Kier molecular flexibility index (Phi) is 14.1. The summed E-state index contributed by atoms with van der Waals surface area (Å²) in [6.07, 6.45) is -0.813. The second kappa shape index (κ2) is 17.0. The van der Waals surface area contributed by atoms with Crippen LogP contribution in [-0.2, 0) is 35.2 Å². The zero-order valence-corrected chi connectivity index (χ0v) is 21.9. The average molecular weight is 564 g/mol. The van der Waals surface area contributed by atoms with E-state index in [1.165, 1.54) is 0 Å². The van der Waals surface area contributed by atoms with Gasteiger partial charge in [-0.3, -0.25) is 29.0 Å². The summed E-state index contributed by atoms with van der Waals surface area (Å²) >= 11 is 0. The van der Waals surface area contributed by atoms with Crippen LogP contribution in [0.5, 0.6) is 0 Å². The highest BCUT2D eigenvalue weighted by Crippen LogP contribution is 2.07. The maximum absolute atomic E-state index is 13.3. The van der Waals surface area contributed by atoms with E-state index in [0.29, 0.717) is 5.56 Å². The monoisotopic (exact) mass is 563 g/mol. The number of nitrogens with zero attached hydrogens (tertiary/aromatic N) is 1. The molecular formula is C24H37N9O7. The molecule has 0 aliphatic rings. The summed E-state index contributed by atoms with van der Waals surface area (Å²) in [6.45, 7) is 0.109. The molecular weight excluding hydrogens is 526 g/mol. The number of guanidine groups is 1. The Labute approximate surface area is 230 Å². The van der Waals surface area contributed by atoms with Crippen molar-refractivity contribution in [1.29, 1.82) is 0 Å². The van der Waals surface area contributed by atoms with E-state index in [4.69, 9.17) is 28.7 Å². The van der Waals surface area contributed by atoms with Crippen molar-refractivity contribution in [2.24, 2.45) is 33.7 Å². The predicted molar refractivity (Wildman–Crippen MR) is 144 cm³/mol. The van der Waals surface area contributed by atoms with E-state index in [9.17, 15) is 33.9 Å². The number of hydrogen-bond donors (Lipinski definition) is 9.